The Hall–Kier alpha value is -1.67. The van der Waals surface area contributed by atoms with E-state index in [1.54, 1.807) is 12.4 Å². The average Bonchev–Trinajstić information content (AvgIpc) is 2.39. The highest BCUT2D eigenvalue weighted by Gasteiger charge is 2.30. The number of aryl methyl sites for hydroxylation is 1. The molecule has 0 bridgehead atoms. The molecule has 1 aromatic heterocycles. The van der Waals surface area contributed by atoms with E-state index in [1.807, 2.05) is 50.2 Å². The molecule has 1 heterocycles. The molecule has 0 spiro atoms. The lowest BCUT2D eigenvalue weighted by Crippen LogP contribution is -2.27. The molecule has 0 radical (unpaired) electrons. The molecule has 0 fully saturated rings. The van der Waals surface area contributed by atoms with E-state index >= 15 is 0 Å². The van der Waals surface area contributed by atoms with E-state index in [-0.39, 0.29) is 0 Å². The predicted molar refractivity (Wildman–Crippen MR) is 68.7 cm³/mol. The van der Waals surface area contributed by atoms with Gasteiger partial charge in [0.05, 0.1) is 0 Å². The Morgan fingerprint density at radius 2 is 1.88 bits per heavy atom. The molecule has 2 nitrogen and oxygen atoms in total. The standard InChI is InChI=1S/C15H17NO/c1-3-15(17,13-7-5-4-6-8-13)14-11-16-10-9-12(14)2/h4-11,17H,3H2,1-2H3. The number of hydrogen-bond acceptors (Lipinski definition) is 2. The second-order valence-electron chi connectivity index (χ2n) is 4.27. The third kappa shape index (κ3) is 2.08. The summed E-state index contributed by atoms with van der Waals surface area (Å²) < 4.78 is 0. The van der Waals surface area contributed by atoms with Gasteiger partial charge in [-0.05, 0) is 30.5 Å². The van der Waals surface area contributed by atoms with Gasteiger partial charge in [-0.2, -0.15) is 0 Å². The SMILES string of the molecule is CCC(O)(c1ccccc1)c1cnccc1C. The maximum Gasteiger partial charge on any atom is 0.116 e. The van der Waals surface area contributed by atoms with Crippen LogP contribution in [0, 0.1) is 6.92 Å². The van der Waals surface area contributed by atoms with Crippen LogP contribution in [-0.4, -0.2) is 10.1 Å². The number of rotatable bonds is 3. The van der Waals surface area contributed by atoms with Gasteiger partial charge in [0.25, 0.3) is 0 Å². The molecule has 88 valence electrons. The van der Waals surface area contributed by atoms with Crippen molar-refractivity contribution in [2.24, 2.45) is 0 Å². The Balaban J connectivity index is 2.56. The van der Waals surface area contributed by atoms with Gasteiger partial charge in [-0.25, -0.2) is 0 Å². The first-order valence-corrected chi connectivity index (χ1v) is 5.87. The Bertz CT molecular complexity index is 495. The third-order valence-corrected chi connectivity index (χ3v) is 3.25. The van der Waals surface area contributed by atoms with Crippen molar-refractivity contribution in [1.82, 2.24) is 4.98 Å². The molecule has 2 rings (SSSR count). The number of hydrogen-bond donors (Lipinski definition) is 1. The lowest BCUT2D eigenvalue weighted by atomic mass is 9.83. The smallest absolute Gasteiger partial charge is 0.116 e. The van der Waals surface area contributed by atoms with Crippen molar-refractivity contribution in [2.45, 2.75) is 25.9 Å². The van der Waals surface area contributed by atoms with E-state index in [9.17, 15) is 5.11 Å². The summed E-state index contributed by atoms with van der Waals surface area (Å²) >= 11 is 0. The molecule has 0 amide bonds. The van der Waals surface area contributed by atoms with E-state index in [0.717, 1.165) is 16.7 Å². The monoisotopic (exact) mass is 227 g/mol. The predicted octanol–water partition coefficient (Wildman–Crippen LogP) is 3.04. The zero-order chi connectivity index (χ0) is 12.3. The van der Waals surface area contributed by atoms with Gasteiger partial charge in [0.1, 0.15) is 5.60 Å². The number of aliphatic hydroxyl groups is 1. The van der Waals surface area contributed by atoms with Crippen molar-refractivity contribution in [3.8, 4) is 0 Å². The van der Waals surface area contributed by atoms with Crippen molar-refractivity contribution < 1.29 is 5.11 Å². The quantitative estimate of drug-likeness (QED) is 0.874. The molecule has 1 N–H and O–H groups in total. The average molecular weight is 227 g/mol. The second kappa shape index (κ2) is 4.68. The minimum atomic E-state index is -0.945. The molecule has 0 aliphatic heterocycles. The zero-order valence-electron chi connectivity index (χ0n) is 10.2. The van der Waals surface area contributed by atoms with Crippen LogP contribution in [-0.2, 0) is 5.60 Å². The summed E-state index contributed by atoms with van der Waals surface area (Å²) in [4.78, 5) is 4.13. The summed E-state index contributed by atoms with van der Waals surface area (Å²) in [7, 11) is 0. The maximum atomic E-state index is 10.9. The maximum absolute atomic E-state index is 10.9. The minimum Gasteiger partial charge on any atom is -0.380 e. The minimum absolute atomic E-state index is 0.629. The lowest BCUT2D eigenvalue weighted by molar-refractivity contribution is 0.0755. The van der Waals surface area contributed by atoms with E-state index in [1.165, 1.54) is 0 Å². The lowest BCUT2D eigenvalue weighted by Gasteiger charge is -2.29. The van der Waals surface area contributed by atoms with Crippen molar-refractivity contribution in [1.29, 1.82) is 0 Å². The summed E-state index contributed by atoms with van der Waals surface area (Å²) in [5.74, 6) is 0. The van der Waals surface area contributed by atoms with Gasteiger partial charge in [-0.3, -0.25) is 4.98 Å². The first kappa shape index (κ1) is 11.8. The van der Waals surface area contributed by atoms with Crippen LogP contribution in [0.2, 0.25) is 0 Å². The fraction of sp³-hybridized carbons (Fsp3) is 0.267. The van der Waals surface area contributed by atoms with Gasteiger partial charge in [0, 0.05) is 18.0 Å². The topological polar surface area (TPSA) is 33.1 Å². The van der Waals surface area contributed by atoms with Crippen LogP contribution in [0.5, 0.6) is 0 Å². The second-order valence-corrected chi connectivity index (χ2v) is 4.27. The molecular weight excluding hydrogens is 210 g/mol. The van der Waals surface area contributed by atoms with Gasteiger partial charge in [-0.15, -0.1) is 0 Å². The largest absolute Gasteiger partial charge is 0.380 e. The van der Waals surface area contributed by atoms with Gasteiger partial charge in [0.15, 0.2) is 0 Å². The molecule has 1 aromatic carbocycles. The highest BCUT2D eigenvalue weighted by atomic mass is 16.3. The van der Waals surface area contributed by atoms with Crippen LogP contribution >= 0.6 is 0 Å². The van der Waals surface area contributed by atoms with Crippen LogP contribution in [0.25, 0.3) is 0 Å². The Labute approximate surface area is 102 Å². The molecule has 17 heavy (non-hydrogen) atoms. The van der Waals surface area contributed by atoms with Crippen molar-refractivity contribution in [2.75, 3.05) is 0 Å². The van der Waals surface area contributed by atoms with Gasteiger partial charge >= 0.3 is 0 Å². The molecule has 1 unspecified atom stereocenters. The van der Waals surface area contributed by atoms with Crippen LogP contribution in [0.4, 0.5) is 0 Å². The number of nitrogens with zero attached hydrogens (tertiary/aromatic N) is 1. The van der Waals surface area contributed by atoms with Gasteiger partial charge < -0.3 is 5.11 Å². The van der Waals surface area contributed by atoms with Crippen molar-refractivity contribution in [3.05, 3.63) is 65.5 Å². The fourth-order valence-electron chi connectivity index (χ4n) is 2.16. The van der Waals surface area contributed by atoms with E-state index in [2.05, 4.69) is 4.98 Å². The summed E-state index contributed by atoms with van der Waals surface area (Å²) in [6.07, 6.45) is 4.13. The number of pyridine rings is 1. The molecule has 0 aliphatic carbocycles. The molecule has 2 aromatic rings. The number of benzene rings is 1. The molecule has 1 atom stereocenters. The first-order valence-electron chi connectivity index (χ1n) is 5.87. The molecule has 0 aliphatic rings. The third-order valence-electron chi connectivity index (χ3n) is 3.25. The fourth-order valence-corrected chi connectivity index (χ4v) is 2.16. The molecule has 2 heteroatoms. The van der Waals surface area contributed by atoms with E-state index < -0.39 is 5.60 Å². The first-order chi connectivity index (χ1) is 8.18. The normalized spacial score (nSPS) is 14.3. The van der Waals surface area contributed by atoms with Crippen LogP contribution in [0.3, 0.4) is 0 Å². The van der Waals surface area contributed by atoms with E-state index in [0.29, 0.717) is 6.42 Å². The Morgan fingerprint density at radius 1 is 1.18 bits per heavy atom. The Kier molecular flexibility index (Phi) is 3.25. The number of aromatic nitrogens is 1. The summed E-state index contributed by atoms with van der Waals surface area (Å²) in [6, 6.07) is 11.7. The summed E-state index contributed by atoms with van der Waals surface area (Å²) in [5.41, 5.74) is 1.92. The molecular formula is C15H17NO. The highest BCUT2D eigenvalue weighted by Crippen LogP contribution is 2.33. The molecule has 0 saturated heterocycles. The summed E-state index contributed by atoms with van der Waals surface area (Å²) in [6.45, 7) is 3.99. The molecule has 0 saturated carbocycles. The van der Waals surface area contributed by atoms with Crippen molar-refractivity contribution in [3.63, 3.8) is 0 Å². The van der Waals surface area contributed by atoms with Crippen LogP contribution in [0.15, 0.2) is 48.8 Å². The van der Waals surface area contributed by atoms with Crippen LogP contribution < -0.4 is 0 Å². The zero-order valence-corrected chi connectivity index (χ0v) is 10.2. The van der Waals surface area contributed by atoms with Gasteiger partial charge in [0.2, 0.25) is 0 Å². The highest BCUT2D eigenvalue weighted by molar-refractivity contribution is 5.38. The summed E-state index contributed by atoms with van der Waals surface area (Å²) in [5, 5.41) is 10.9. The van der Waals surface area contributed by atoms with Crippen molar-refractivity contribution >= 4 is 0 Å². The van der Waals surface area contributed by atoms with Gasteiger partial charge in [-0.1, -0.05) is 37.3 Å². The van der Waals surface area contributed by atoms with Crippen LogP contribution in [0.1, 0.15) is 30.0 Å². The van der Waals surface area contributed by atoms with E-state index in [4.69, 9.17) is 0 Å². The Morgan fingerprint density at radius 3 is 2.47 bits per heavy atom.